The number of hydrogen-bond donors (Lipinski definition) is 2. The topological polar surface area (TPSA) is 91.9 Å². The maximum absolute atomic E-state index is 11.9. The molecular weight excluding hydrogens is 328 g/mol. The number of anilines is 1. The highest BCUT2D eigenvalue weighted by Crippen LogP contribution is 2.24. The van der Waals surface area contributed by atoms with Gasteiger partial charge in [-0.2, -0.15) is 0 Å². The number of nitrogens with zero attached hydrogens (tertiary/aromatic N) is 2. The highest BCUT2D eigenvalue weighted by molar-refractivity contribution is 7.16. The van der Waals surface area contributed by atoms with Crippen LogP contribution in [-0.2, 0) is 4.79 Å². The molecule has 1 aromatic carbocycles. The Labute approximate surface area is 141 Å². The number of aromatic nitrogens is 2. The van der Waals surface area contributed by atoms with E-state index in [1.807, 2.05) is 35.4 Å². The van der Waals surface area contributed by atoms with Gasteiger partial charge in [0.2, 0.25) is 12.2 Å². The quantitative estimate of drug-likeness (QED) is 0.323. The molecule has 0 spiro atoms. The number of carbonyl (C=O) groups is 1. The van der Waals surface area contributed by atoms with Gasteiger partial charge in [-0.25, -0.2) is 9.55 Å². The molecule has 0 atom stereocenters. The molecule has 0 bridgehead atoms. The van der Waals surface area contributed by atoms with Gasteiger partial charge >= 0.3 is 5.00 Å². The van der Waals surface area contributed by atoms with Crippen molar-refractivity contribution in [2.24, 2.45) is 0 Å². The third kappa shape index (κ3) is 3.73. The van der Waals surface area contributed by atoms with Gasteiger partial charge in [-0.3, -0.25) is 14.9 Å². The van der Waals surface area contributed by atoms with Crippen LogP contribution in [-0.4, -0.2) is 15.8 Å². The summed E-state index contributed by atoms with van der Waals surface area (Å²) in [5.74, 6) is -0.298. The van der Waals surface area contributed by atoms with E-state index >= 15 is 0 Å². The number of H-pyrrole nitrogens is 1. The monoisotopic (exact) mass is 341 g/mol. The Balaban J connectivity index is 1.62. The molecule has 0 radical (unpaired) electrons. The lowest BCUT2D eigenvalue weighted by Gasteiger charge is -2.02. The van der Waals surface area contributed by atoms with E-state index < -0.39 is 4.92 Å². The van der Waals surface area contributed by atoms with Crippen LogP contribution in [0.3, 0.4) is 0 Å². The van der Waals surface area contributed by atoms with Crippen LogP contribution in [0.2, 0.25) is 0 Å². The zero-order valence-corrected chi connectivity index (χ0v) is 13.2. The fourth-order valence-corrected chi connectivity index (χ4v) is 2.76. The van der Waals surface area contributed by atoms with Gasteiger partial charge in [0, 0.05) is 22.7 Å². The number of thiophene rings is 1. The maximum Gasteiger partial charge on any atom is 0.324 e. The number of nitro groups is 1. The molecule has 0 aliphatic heterocycles. The second kappa shape index (κ2) is 6.88. The van der Waals surface area contributed by atoms with Gasteiger partial charge in [-0.15, -0.1) is 0 Å². The SMILES string of the molecule is O=C(/C=C/c1ccc([N+](=O)[O-])s1)Nc1ccc(-[n+]2cc[nH]c2)cc1. The first-order chi connectivity index (χ1) is 11.6. The number of imidazole rings is 1. The smallest absolute Gasteiger partial charge is 0.323 e. The van der Waals surface area contributed by atoms with Crippen LogP contribution in [0.1, 0.15) is 4.88 Å². The average molecular weight is 341 g/mol. The summed E-state index contributed by atoms with van der Waals surface area (Å²) >= 11 is 1.02. The van der Waals surface area contributed by atoms with E-state index in [4.69, 9.17) is 0 Å². The molecule has 2 N–H and O–H groups in total. The minimum absolute atomic E-state index is 0.0490. The molecule has 24 heavy (non-hydrogen) atoms. The Kier molecular flexibility index (Phi) is 4.48. The molecule has 120 valence electrons. The molecule has 3 aromatic rings. The van der Waals surface area contributed by atoms with E-state index in [1.165, 1.54) is 12.1 Å². The molecule has 1 amide bonds. The Morgan fingerprint density at radius 3 is 2.67 bits per heavy atom. The van der Waals surface area contributed by atoms with E-state index in [2.05, 4.69) is 10.3 Å². The third-order valence-electron chi connectivity index (χ3n) is 3.17. The van der Waals surface area contributed by atoms with Crippen LogP contribution in [0.4, 0.5) is 10.7 Å². The summed E-state index contributed by atoms with van der Waals surface area (Å²) in [5.41, 5.74) is 1.64. The van der Waals surface area contributed by atoms with Crippen LogP contribution < -0.4 is 9.88 Å². The van der Waals surface area contributed by atoms with Crippen LogP contribution in [0.5, 0.6) is 0 Å². The van der Waals surface area contributed by atoms with Gasteiger partial charge in [0.25, 0.3) is 0 Å². The van der Waals surface area contributed by atoms with Crippen molar-refractivity contribution in [1.82, 2.24) is 4.98 Å². The first-order valence-corrected chi connectivity index (χ1v) is 7.81. The lowest BCUT2D eigenvalue weighted by molar-refractivity contribution is -0.594. The summed E-state index contributed by atoms with van der Waals surface area (Å²) in [6, 6.07) is 10.4. The molecule has 0 unspecified atom stereocenters. The summed E-state index contributed by atoms with van der Waals surface area (Å²) in [5, 5.41) is 13.4. The summed E-state index contributed by atoms with van der Waals surface area (Å²) in [6.45, 7) is 0. The van der Waals surface area contributed by atoms with Gasteiger partial charge in [-0.1, -0.05) is 11.3 Å². The summed E-state index contributed by atoms with van der Waals surface area (Å²) in [4.78, 5) is 25.7. The van der Waals surface area contributed by atoms with Crippen molar-refractivity contribution < 1.29 is 14.3 Å². The van der Waals surface area contributed by atoms with Crippen molar-refractivity contribution >= 4 is 34.0 Å². The van der Waals surface area contributed by atoms with E-state index in [1.54, 1.807) is 24.3 Å². The molecule has 7 nitrogen and oxygen atoms in total. The fourth-order valence-electron chi connectivity index (χ4n) is 2.04. The van der Waals surface area contributed by atoms with Crippen LogP contribution in [0, 0.1) is 10.1 Å². The Hall–Kier alpha value is -3.26. The largest absolute Gasteiger partial charge is 0.324 e. The summed E-state index contributed by atoms with van der Waals surface area (Å²) < 4.78 is 1.91. The van der Waals surface area contributed by atoms with Crippen molar-refractivity contribution in [2.75, 3.05) is 5.32 Å². The number of nitrogens with one attached hydrogen (secondary N) is 2. The zero-order valence-electron chi connectivity index (χ0n) is 12.4. The van der Waals surface area contributed by atoms with E-state index in [9.17, 15) is 14.9 Å². The minimum atomic E-state index is -0.452. The van der Waals surface area contributed by atoms with Crippen molar-refractivity contribution in [1.29, 1.82) is 0 Å². The van der Waals surface area contributed by atoms with E-state index in [0.29, 0.717) is 10.6 Å². The Morgan fingerprint density at radius 1 is 1.25 bits per heavy atom. The van der Waals surface area contributed by atoms with Crippen LogP contribution in [0.25, 0.3) is 11.8 Å². The molecule has 0 saturated heterocycles. The Morgan fingerprint density at radius 2 is 2.04 bits per heavy atom. The van der Waals surface area contributed by atoms with Gasteiger partial charge in [0.05, 0.1) is 4.92 Å². The molecule has 0 fully saturated rings. The molecule has 0 aliphatic rings. The minimum Gasteiger partial charge on any atom is -0.323 e. The highest BCUT2D eigenvalue weighted by atomic mass is 32.1. The molecular formula is C16H13N4O3S+. The van der Waals surface area contributed by atoms with Crippen LogP contribution >= 0.6 is 11.3 Å². The standard InChI is InChI=1S/C16H12N4O3S/c21-15(7-5-14-6-8-16(24-14)20(22)23)18-12-1-3-13(4-2-12)19-10-9-17-11-19/h1-11H,(H,18,21)/p+1/b7-5+. The van der Waals surface area contributed by atoms with Crippen molar-refractivity contribution in [3.8, 4) is 5.69 Å². The third-order valence-corrected chi connectivity index (χ3v) is 4.17. The molecule has 0 saturated carbocycles. The number of carbonyl (C=O) groups excluding carboxylic acids is 1. The van der Waals surface area contributed by atoms with Gasteiger partial charge in [-0.05, 0) is 36.4 Å². The van der Waals surface area contributed by atoms with Crippen molar-refractivity contribution in [3.05, 3.63) is 76.2 Å². The van der Waals surface area contributed by atoms with Gasteiger partial charge < -0.3 is 5.32 Å². The van der Waals surface area contributed by atoms with Crippen molar-refractivity contribution in [3.63, 3.8) is 0 Å². The number of hydrogen-bond acceptors (Lipinski definition) is 4. The number of benzene rings is 1. The zero-order chi connectivity index (χ0) is 16.9. The van der Waals surface area contributed by atoms with Gasteiger partial charge in [0.1, 0.15) is 18.1 Å². The Bertz CT molecular complexity index is 882. The molecule has 2 aromatic heterocycles. The second-order valence-electron chi connectivity index (χ2n) is 4.82. The fraction of sp³-hybridized carbons (Fsp3) is 0. The maximum atomic E-state index is 11.9. The second-order valence-corrected chi connectivity index (χ2v) is 5.92. The number of amides is 1. The molecule has 3 rings (SSSR count). The van der Waals surface area contributed by atoms with Gasteiger partial charge in [0.15, 0.2) is 0 Å². The first kappa shape index (κ1) is 15.6. The van der Waals surface area contributed by atoms with Crippen molar-refractivity contribution in [2.45, 2.75) is 0 Å². The first-order valence-electron chi connectivity index (χ1n) is 6.99. The molecule has 0 aliphatic carbocycles. The molecule has 2 heterocycles. The lowest BCUT2D eigenvalue weighted by Crippen LogP contribution is -2.26. The lowest BCUT2D eigenvalue weighted by atomic mass is 10.2. The average Bonchev–Trinajstić information content (AvgIpc) is 3.25. The van der Waals surface area contributed by atoms with Crippen LogP contribution in [0.15, 0.2) is 61.2 Å². The van der Waals surface area contributed by atoms with E-state index in [0.717, 1.165) is 17.0 Å². The predicted octanol–water partition coefficient (Wildman–Crippen LogP) is 2.91. The summed E-state index contributed by atoms with van der Waals surface area (Å²) in [6.07, 6.45) is 8.42. The predicted molar refractivity (Wildman–Crippen MR) is 91.0 cm³/mol. The van der Waals surface area contributed by atoms with E-state index in [-0.39, 0.29) is 10.9 Å². The normalized spacial score (nSPS) is 10.8. The highest BCUT2D eigenvalue weighted by Gasteiger charge is 2.08. The number of rotatable bonds is 5. The summed E-state index contributed by atoms with van der Waals surface area (Å²) in [7, 11) is 0. The molecule has 8 heteroatoms. The number of aromatic amines is 1.